The quantitative estimate of drug-likeness (QED) is 0.832. The van der Waals surface area contributed by atoms with Crippen LogP contribution in [0, 0.1) is 23.4 Å². The van der Waals surface area contributed by atoms with Gasteiger partial charge in [-0.2, -0.15) is 0 Å². The van der Waals surface area contributed by atoms with Gasteiger partial charge in [0, 0.05) is 18.6 Å². The van der Waals surface area contributed by atoms with E-state index in [1.165, 1.54) is 0 Å². The summed E-state index contributed by atoms with van der Waals surface area (Å²) in [5.74, 6) is -3.54. The van der Waals surface area contributed by atoms with E-state index in [0.717, 1.165) is 31.5 Å². The van der Waals surface area contributed by atoms with Crippen LogP contribution >= 0.6 is 0 Å². The maximum absolute atomic E-state index is 13.3. The maximum Gasteiger partial charge on any atom is 0.194 e. The average molecular weight is 273 g/mol. The highest BCUT2D eigenvalue weighted by molar-refractivity contribution is 5.23. The molecule has 2 atom stereocenters. The van der Waals surface area contributed by atoms with E-state index in [4.69, 9.17) is 4.74 Å². The molecule has 1 aliphatic heterocycles. The maximum atomic E-state index is 13.3. The molecule has 2 rings (SSSR count). The molecule has 0 bridgehead atoms. The van der Waals surface area contributed by atoms with Crippen LogP contribution in [0.3, 0.4) is 0 Å². The van der Waals surface area contributed by atoms with Crippen LogP contribution in [0.5, 0.6) is 0 Å². The number of ether oxygens (including phenoxy) is 1. The topological polar surface area (TPSA) is 21.3 Å². The third-order valence-corrected chi connectivity index (χ3v) is 3.42. The first-order chi connectivity index (χ1) is 9.13. The van der Waals surface area contributed by atoms with Crippen LogP contribution in [0.4, 0.5) is 13.2 Å². The van der Waals surface area contributed by atoms with Gasteiger partial charge in [0.1, 0.15) is 0 Å². The zero-order valence-electron chi connectivity index (χ0n) is 10.9. The predicted molar refractivity (Wildman–Crippen MR) is 66.3 cm³/mol. The van der Waals surface area contributed by atoms with Gasteiger partial charge in [-0.25, -0.2) is 13.2 Å². The molecule has 106 valence electrons. The molecule has 1 N–H and O–H groups in total. The number of halogens is 3. The summed E-state index contributed by atoms with van der Waals surface area (Å²) in [5, 5.41) is 3.27. The lowest BCUT2D eigenvalue weighted by molar-refractivity contribution is 0.176. The number of nitrogens with one attached hydrogen (secondary N) is 1. The second kappa shape index (κ2) is 6.39. The van der Waals surface area contributed by atoms with E-state index in [1.54, 1.807) is 0 Å². The number of hydrogen-bond donors (Lipinski definition) is 1. The summed E-state index contributed by atoms with van der Waals surface area (Å²) in [6, 6.07) is 1.95. The molecule has 0 spiro atoms. The fourth-order valence-corrected chi connectivity index (χ4v) is 2.43. The van der Waals surface area contributed by atoms with Crippen molar-refractivity contribution in [3.63, 3.8) is 0 Å². The molecule has 1 saturated heterocycles. The zero-order chi connectivity index (χ0) is 13.8. The van der Waals surface area contributed by atoms with Gasteiger partial charge in [-0.15, -0.1) is 0 Å². The summed E-state index contributed by atoms with van der Waals surface area (Å²) < 4.78 is 45.0. The van der Waals surface area contributed by atoms with Crippen molar-refractivity contribution in [2.24, 2.45) is 5.92 Å². The van der Waals surface area contributed by atoms with Gasteiger partial charge in [-0.1, -0.05) is 6.92 Å². The zero-order valence-corrected chi connectivity index (χ0v) is 10.9. The van der Waals surface area contributed by atoms with Gasteiger partial charge in [0.05, 0.1) is 6.61 Å². The largest absolute Gasteiger partial charge is 0.381 e. The lowest BCUT2D eigenvalue weighted by atomic mass is 9.92. The van der Waals surface area contributed by atoms with Crippen LogP contribution in [0.2, 0.25) is 0 Å². The van der Waals surface area contributed by atoms with E-state index in [0.29, 0.717) is 18.8 Å². The first-order valence-electron chi connectivity index (χ1n) is 6.59. The lowest BCUT2D eigenvalue weighted by Gasteiger charge is -2.24. The van der Waals surface area contributed by atoms with Crippen LogP contribution < -0.4 is 5.32 Å². The molecule has 0 amide bonds. The predicted octanol–water partition coefficient (Wildman–Crippen LogP) is 3.18. The van der Waals surface area contributed by atoms with Crippen LogP contribution in [0.1, 0.15) is 31.4 Å². The van der Waals surface area contributed by atoms with Gasteiger partial charge in [0.15, 0.2) is 17.5 Å². The van der Waals surface area contributed by atoms with Gasteiger partial charge in [-0.3, -0.25) is 0 Å². The highest BCUT2D eigenvalue weighted by Crippen LogP contribution is 2.30. The van der Waals surface area contributed by atoms with Crippen molar-refractivity contribution < 1.29 is 17.9 Å². The lowest BCUT2D eigenvalue weighted by Crippen LogP contribution is -2.29. The van der Waals surface area contributed by atoms with Gasteiger partial charge >= 0.3 is 0 Å². The van der Waals surface area contributed by atoms with Gasteiger partial charge in [0.25, 0.3) is 0 Å². The fourth-order valence-electron chi connectivity index (χ4n) is 2.43. The first kappa shape index (κ1) is 14.3. The Labute approximate surface area is 111 Å². The molecule has 0 aliphatic carbocycles. The van der Waals surface area contributed by atoms with Crippen molar-refractivity contribution in [2.45, 2.75) is 25.8 Å². The standard InChI is InChI=1S/C14H18F3NO/c1-2-4-18-14(9-3-5-19-8-9)10-6-11(15)13(17)12(16)7-10/h6-7,9,14,18H,2-5,8H2,1H3. The Hall–Kier alpha value is -1.07. The smallest absolute Gasteiger partial charge is 0.194 e. The molecule has 19 heavy (non-hydrogen) atoms. The minimum atomic E-state index is -1.42. The summed E-state index contributed by atoms with van der Waals surface area (Å²) in [6.45, 7) is 3.96. The third-order valence-electron chi connectivity index (χ3n) is 3.42. The molecule has 2 nitrogen and oxygen atoms in total. The van der Waals surface area contributed by atoms with Gasteiger partial charge in [0.2, 0.25) is 0 Å². The van der Waals surface area contributed by atoms with Gasteiger partial charge in [-0.05, 0) is 37.1 Å². The highest BCUT2D eigenvalue weighted by atomic mass is 19.2. The summed E-state index contributed by atoms with van der Waals surface area (Å²) in [4.78, 5) is 0. The number of rotatable bonds is 5. The summed E-state index contributed by atoms with van der Waals surface area (Å²) in [7, 11) is 0. The monoisotopic (exact) mass is 273 g/mol. The minimum absolute atomic E-state index is 0.163. The normalized spacial score (nSPS) is 20.7. The van der Waals surface area contributed by atoms with Crippen molar-refractivity contribution in [3.8, 4) is 0 Å². The minimum Gasteiger partial charge on any atom is -0.381 e. The van der Waals surface area contributed by atoms with Crippen molar-refractivity contribution in [2.75, 3.05) is 19.8 Å². The molecule has 2 unspecified atom stereocenters. The average Bonchev–Trinajstić information content (AvgIpc) is 2.90. The fraction of sp³-hybridized carbons (Fsp3) is 0.571. The Morgan fingerprint density at radius 1 is 1.32 bits per heavy atom. The number of hydrogen-bond acceptors (Lipinski definition) is 2. The molecule has 1 aromatic carbocycles. The molecule has 1 fully saturated rings. The molecule has 0 radical (unpaired) electrons. The molecule has 5 heteroatoms. The van der Waals surface area contributed by atoms with Crippen LogP contribution in [0.15, 0.2) is 12.1 Å². The van der Waals surface area contributed by atoms with Crippen LogP contribution in [0.25, 0.3) is 0 Å². The van der Waals surface area contributed by atoms with E-state index >= 15 is 0 Å². The Balaban J connectivity index is 2.26. The summed E-state index contributed by atoms with van der Waals surface area (Å²) in [5.41, 5.74) is 0.445. The van der Waals surface area contributed by atoms with Crippen molar-refractivity contribution in [1.29, 1.82) is 0 Å². The molecular weight excluding hydrogens is 255 g/mol. The van der Waals surface area contributed by atoms with Gasteiger partial charge < -0.3 is 10.1 Å². The third kappa shape index (κ3) is 3.28. The van der Waals surface area contributed by atoms with E-state index in [9.17, 15) is 13.2 Å². The summed E-state index contributed by atoms with van der Waals surface area (Å²) in [6.07, 6.45) is 1.75. The van der Waals surface area contributed by atoms with Crippen molar-refractivity contribution in [3.05, 3.63) is 35.1 Å². The van der Waals surface area contributed by atoms with E-state index in [2.05, 4.69) is 5.32 Å². The Bertz CT molecular complexity index is 410. The second-order valence-electron chi connectivity index (χ2n) is 4.85. The first-order valence-corrected chi connectivity index (χ1v) is 6.59. The SMILES string of the molecule is CCCNC(c1cc(F)c(F)c(F)c1)C1CCOC1. The molecular formula is C14H18F3NO. The van der Waals surface area contributed by atoms with Crippen LogP contribution in [-0.2, 0) is 4.74 Å². The van der Waals surface area contributed by atoms with E-state index < -0.39 is 17.5 Å². The molecule has 1 heterocycles. The van der Waals surface area contributed by atoms with E-state index in [1.807, 2.05) is 6.92 Å². The van der Waals surface area contributed by atoms with E-state index in [-0.39, 0.29) is 12.0 Å². The molecule has 1 aliphatic rings. The Morgan fingerprint density at radius 2 is 2.00 bits per heavy atom. The molecule has 0 saturated carbocycles. The van der Waals surface area contributed by atoms with Crippen LogP contribution in [-0.4, -0.2) is 19.8 Å². The number of benzene rings is 1. The Kier molecular flexibility index (Phi) is 4.82. The van der Waals surface area contributed by atoms with Crippen molar-refractivity contribution >= 4 is 0 Å². The molecule has 0 aromatic heterocycles. The molecule has 1 aromatic rings. The summed E-state index contributed by atoms with van der Waals surface area (Å²) >= 11 is 0. The Morgan fingerprint density at radius 3 is 2.53 bits per heavy atom. The second-order valence-corrected chi connectivity index (χ2v) is 4.85. The van der Waals surface area contributed by atoms with Crippen molar-refractivity contribution in [1.82, 2.24) is 5.32 Å². The highest BCUT2D eigenvalue weighted by Gasteiger charge is 2.28.